The minimum Gasteiger partial charge on any atom is -0.466 e. The lowest BCUT2D eigenvalue weighted by atomic mass is 9.60. The minimum atomic E-state index is -0.505. The van der Waals surface area contributed by atoms with Crippen LogP contribution < -0.4 is 5.32 Å². The summed E-state index contributed by atoms with van der Waals surface area (Å²) in [5.74, 6) is -0.751. The number of carbonyl (C=O) groups excluding carboxylic acids is 4. The van der Waals surface area contributed by atoms with Crippen LogP contribution in [0, 0.1) is 16.7 Å². The molecule has 1 rings (SSSR count). The van der Waals surface area contributed by atoms with Gasteiger partial charge in [-0.25, -0.2) is 9.59 Å². The molecule has 44 heavy (non-hydrogen) atoms. The van der Waals surface area contributed by atoms with Crippen LogP contribution in [0.3, 0.4) is 0 Å². The number of carbonyl (C=O) groups is 4. The highest BCUT2D eigenvalue weighted by Crippen LogP contribution is 2.49. The fourth-order valence-electron chi connectivity index (χ4n) is 5.80. The van der Waals surface area contributed by atoms with E-state index < -0.39 is 12.1 Å². The molecule has 2 atom stereocenters. The van der Waals surface area contributed by atoms with Crippen LogP contribution in [0.25, 0.3) is 0 Å². The zero-order chi connectivity index (χ0) is 32.7. The fourth-order valence-corrected chi connectivity index (χ4v) is 5.80. The number of esters is 3. The Bertz CT molecular complexity index is 862. The Morgan fingerprint density at radius 2 is 1.34 bits per heavy atom. The molecule has 0 saturated heterocycles. The van der Waals surface area contributed by atoms with Crippen molar-refractivity contribution >= 4 is 24.0 Å². The first-order valence-corrected chi connectivity index (χ1v) is 16.1. The van der Waals surface area contributed by atoms with Gasteiger partial charge in [-0.05, 0) is 68.1 Å². The van der Waals surface area contributed by atoms with Gasteiger partial charge in [-0.1, -0.05) is 40.7 Å². The normalized spacial score (nSPS) is 19.0. The molecule has 0 spiro atoms. The maximum absolute atomic E-state index is 12.5. The smallest absolute Gasteiger partial charge is 0.407 e. The number of ether oxygens (including phenoxy) is 6. The standard InChI is InChI=1S/C33H57NO10/c1-6-8-13-29(36)41-16-11-9-14-39-15-10-12-17-44-31(38)34-26-33(5)24-27(23-32(3,4)25-33)22-30(37)43-21-19-40-18-20-42-28(35)7-2/h7,27H,2,6,8-26H2,1,3-5H3,(H,34,38). The van der Waals surface area contributed by atoms with E-state index in [0.717, 1.165) is 57.4 Å². The lowest BCUT2D eigenvalue weighted by Gasteiger charge is -2.46. The van der Waals surface area contributed by atoms with Crippen molar-refractivity contribution < 1.29 is 47.6 Å². The van der Waals surface area contributed by atoms with Crippen molar-refractivity contribution in [3.63, 3.8) is 0 Å². The summed E-state index contributed by atoms with van der Waals surface area (Å²) in [5, 5.41) is 2.93. The summed E-state index contributed by atoms with van der Waals surface area (Å²) in [7, 11) is 0. The predicted octanol–water partition coefficient (Wildman–Crippen LogP) is 5.53. The van der Waals surface area contributed by atoms with Crippen LogP contribution in [0.2, 0.25) is 0 Å². The third-order valence-corrected chi connectivity index (χ3v) is 7.37. The van der Waals surface area contributed by atoms with E-state index in [9.17, 15) is 19.2 Å². The van der Waals surface area contributed by atoms with E-state index in [1.165, 1.54) is 0 Å². The van der Waals surface area contributed by atoms with Gasteiger partial charge in [-0.3, -0.25) is 9.59 Å². The molecular weight excluding hydrogens is 570 g/mol. The highest BCUT2D eigenvalue weighted by Gasteiger charge is 2.42. The zero-order valence-corrected chi connectivity index (χ0v) is 27.6. The number of alkyl carbamates (subject to hydrolysis) is 1. The molecule has 1 aliphatic rings. The van der Waals surface area contributed by atoms with Gasteiger partial charge in [0.1, 0.15) is 13.2 Å². The van der Waals surface area contributed by atoms with Crippen molar-refractivity contribution in [2.24, 2.45) is 16.7 Å². The monoisotopic (exact) mass is 627 g/mol. The summed E-state index contributed by atoms with van der Waals surface area (Å²) in [6, 6.07) is 0. The summed E-state index contributed by atoms with van der Waals surface area (Å²) in [5.41, 5.74) is -0.145. The Morgan fingerprint density at radius 3 is 2.00 bits per heavy atom. The first-order valence-electron chi connectivity index (χ1n) is 16.1. The van der Waals surface area contributed by atoms with Gasteiger partial charge in [0.2, 0.25) is 0 Å². The summed E-state index contributed by atoms with van der Waals surface area (Å²) in [6.07, 6.45) is 9.07. The molecule has 0 bridgehead atoms. The van der Waals surface area contributed by atoms with Crippen molar-refractivity contribution in [2.45, 2.75) is 98.3 Å². The molecular formula is C33H57NO10. The SMILES string of the molecule is C=CC(=O)OCCOCCOC(=O)CC1CC(C)(C)CC(C)(CNC(=O)OCCCCOCCCCOC(=O)CCCC)C1. The Kier molecular flexibility index (Phi) is 20.4. The van der Waals surface area contributed by atoms with Crippen molar-refractivity contribution in [2.75, 3.05) is 59.4 Å². The molecule has 0 aromatic heterocycles. The van der Waals surface area contributed by atoms with E-state index >= 15 is 0 Å². The van der Waals surface area contributed by atoms with Crippen molar-refractivity contribution in [3.05, 3.63) is 12.7 Å². The van der Waals surface area contributed by atoms with E-state index in [1.807, 2.05) is 6.92 Å². The highest BCUT2D eigenvalue weighted by molar-refractivity contribution is 5.81. The summed E-state index contributed by atoms with van der Waals surface area (Å²) >= 11 is 0. The van der Waals surface area contributed by atoms with Crippen LogP contribution >= 0.6 is 0 Å². The molecule has 1 N–H and O–H groups in total. The van der Waals surface area contributed by atoms with Gasteiger partial charge in [-0.2, -0.15) is 0 Å². The summed E-state index contributed by atoms with van der Waals surface area (Å²) in [4.78, 5) is 47.2. The summed E-state index contributed by atoms with van der Waals surface area (Å²) in [6.45, 7) is 15.1. The fraction of sp³-hybridized carbons (Fsp3) is 0.818. The molecule has 1 fully saturated rings. The van der Waals surface area contributed by atoms with Crippen LogP contribution in [0.15, 0.2) is 12.7 Å². The number of nitrogens with one attached hydrogen (secondary N) is 1. The second-order valence-electron chi connectivity index (χ2n) is 12.7. The Hall–Kier alpha value is -2.66. The minimum absolute atomic E-state index is 0.0224. The zero-order valence-electron chi connectivity index (χ0n) is 27.6. The van der Waals surface area contributed by atoms with Crippen LogP contribution in [0.1, 0.15) is 98.3 Å². The van der Waals surface area contributed by atoms with Gasteiger partial charge >= 0.3 is 24.0 Å². The molecule has 11 nitrogen and oxygen atoms in total. The van der Waals surface area contributed by atoms with E-state index in [-0.39, 0.29) is 55.1 Å². The third kappa shape index (κ3) is 20.3. The molecule has 0 heterocycles. The van der Waals surface area contributed by atoms with Crippen LogP contribution in [-0.4, -0.2) is 83.4 Å². The largest absolute Gasteiger partial charge is 0.466 e. The van der Waals surface area contributed by atoms with Gasteiger partial charge < -0.3 is 33.7 Å². The maximum Gasteiger partial charge on any atom is 0.407 e. The molecule has 0 aromatic rings. The average molecular weight is 628 g/mol. The molecule has 254 valence electrons. The second kappa shape index (κ2) is 22.8. The Labute approximate surface area is 264 Å². The van der Waals surface area contributed by atoms with Gasteiger partial charge in [0.05, 0.1) is 26.4 Å². The quantitative estimate of drug-likeness (QED) is 0.0629. The van der Waals surface area contributed by atoms with Crippen LogP contribution in [0.4, 0.5) is 4.79 Å². The molecule has 1 amide bonds. The Balaban J connectivity index is 2.17. The third-order valence-electron chi connectivity index (χ3n) is 7.37. The number of hydrogen-bond acceptors (Lipinski definition) is 10. The van der Waals surface area contributed by atoms with Crippen molar-refractivity contribution in [1.29, 1.82) is 0 Å². The topological polar surface area (TPSA) is 136 Å². The van der Waals surface area contributed by atoms with E-state index in [0.29, 0.717) is 52.2 Å². The molecule has 0 aromatic carbocycles. The number of hydrogen-bond donors (Lipinski definition) is 1. The lowest BCUT2D eigenvalue weighted by Crippen LogP contribution is -2.44. The summed E-state index contributed by atoms with van der Waals surface area (Å²) < 4.78 is 31.6. The first-order chi connectivity index (χ1) is 21.0. The molecule has 2 unspecified atom stereocenters. The molecule has 11 heteroatoms. The number of amides is 1. The van der Waals surface area contributed by atoms with Crippen LogP contribution in [0.5, 0.6) is 0 Å². The highest BCUT2D eigenvalue weighted by atomic mass is 16.6. The van der Waals surface area contributed by atoms with Crippen molar-refractivity contribution in [1.82, 2.24) is 5.32 Å². The number of rotatable bonds is 24. The van der Waals surface area contributed by atoms with Gasteiger partial charge in [0.25, 0.3) is 0 Å². The van der Waals surface area contributed by atoms with Gasteiger partial charge in [0, 0.05) is 38.7 Å². The molecule has 1 aliphatic carbocycles. The molecule has 0 aliphatic heterocycles. The second-order valence-corrected chi connectivity index (χ2v) is 12.7. The van der Waals surface area contributed by atoms with Crippen LogP contribution in [-0.2, 0) is 42.8 Å². The molecule has 1 saturated carbocycles. The van der Waals surface area contributed by atoms with E-state index in [2.05, 4.69) is 32.7 Å². The molecule has 0 radical (unpaired) electrons. The maximum atomic E-state index is 12.5. The predicted molar refractivity (Wildman–Crippen MR) is 166 cm³/mol. The van der Waals surface area contributed by atoms with Crippen molar-refractivity contribution in [3.8, 4) is 0 Å². The van der Waals surface area contributed by atoms with E-state index in [4.69, 9.17) is 28.4 Å². The Morgan fingerprint density at radius 1 is 0.750 bits per heavy atom. The lowest BCUT2D eigenvalue weighted by molar-refractivity contribution is -0.148. The first kappa shape index (κ1) is 39.4. The van der Waals surface area contributed by atoms with E-state index in [1.54, 1.807) is 0 Å². The average Bonchev–Trinajstić information content (AvgIpc) is 2.96. The van der Waals surface area contributed by atoms with Gasteiger partial charge in [-0.15, -0.1) is 0 Å². The number of unbranched alkanes of at least 4 members (excludes halogenated alkanes) is 3. The van der Waals surface area contributed by atoms with Gasteiger partial charge in [0.15, 0.2) is 0 Å².